The number of aromatic hydroxyl groups is 1. The number of carbonyl (C=O) groups is 2. The first-order chi connectivity index (χ1) is 7.58. The van der Waals surface area contributed by atoms with Gasteiger partial charge in [0.05, 0.1) is 6.42 Å². The van der Waals surface area contributed by atoms with Gasteiger partial charge in [0.25, 0.3) is 0 Å². The average molecular weight is 222 g/mol. The number of ether oxygens (including phenoxy) is 1. The maximum atomic E-state index is 11.1. The Hall–Kier alpha value is -2.04. The van der Waals surface area contributed by atoms with Gasteiger partial charge in [-0.25, -0.2) is 0 Å². The quantitative estimate of drug-likeness (QED) is 0.731. The lowest BCUT2D eigenvalue weighted by Gasteiger charge is -2.14. The molecule has 0 amide bonds. The van der Waals surface area contributed by atoms with Crippen molar-refractivity contribution in [1.82, 2.24) is 0 Å². The van der Waals surface area contributed by atoms with Crippen LogP contribution in [-0.4, -0.2) is 22.2 Å². The van der Waals surface area contributed by atoms with Crippen LogP contribution in [0.15, 0.2) is 24.3 Å². The molecule has 0 saturated carbocycles. The second-order valence-corrected chi connectivity index (χ2v) is 3.65. The number of hydrogen-bond acceptors (Lipinski definition) is 4. The number of cyclic esters (lactones) is 1. The number of phenolic OH excluding ortho intramolecular Hbond substituents is 1. The molecule has 0 unspecified atom stereocenters. The van der Waals surface area contributed by atoms with Crippen LogP contribution in [0.2, 0.25) is 0 Å². The highest BCUT2D eigenvalue weighted by Crippen LogP contribution is 2.35. The summed E-state index contributed by atoms with van der Waals surface area (Å²) in [5.74, 6) is -2.33. The molecule has 84 valence electrons. The van der Waals surface area contributed by atoms with Crippen molar-refractivity contribution in [3.05, 3.63) is 29.8 Å². The SMILES string of the molecule is O=C1C[C@@H](C(=O)O)[C@H](c2ccc(O)cc2)O1. The molecule has 0 aliphatic carbocycles. The highest BCUT2D eigenvalue weighted by Gasteiger charge is 2.40. The molecule has 1 aromatic carbocycles. The van der Waals surface area contributed by atoms with Gasteiger partial charge in [-0.05, 0) is 17.7 Å². The molecule has 0 spiro atoms. The van der Waals surface area contributed by atoms with Gasteiger partial charge in [-0.15, -0.1) is 0 Å². The van der Waals surface area contributed by atoms with Gasteiger partial charge in [-0.2, -0.15) is 0 Å². The third-order valence-electron chi connectivity index (χ3n) is 2.55. The van der Waals surface area contributed by atoms with E-state index >= 15 is 0 Å². The van der Waals surface area contributed by atoms with E-state index in [1.165, 1.54) is 12.1 Å². The van der Waals surface area contributed by atoms with Crippen LogP contribution >= 0.6 is 0 Å². The second kappa shape index (κ2) is 3.84. The number of carboxylic acids is 1. The van der Waals surface area contributed by atoms with E-state index in [0.29, 0.717) is 5.56 Å². The van der Waals surface area contributed by atoms with Crippen molar-refractivity contribution < 1.29 is 24.5 Å². The number of esters is 1. The average Bonchev–Trinajstić information content (AvgIpc) is 2.61. The zero-order valence-corrected chi connectivity index (χ0v) is 8.29. The fraction of sp³-hybridized carbons (Fsp3) is 0.273. The number of phenols is 1. The minimum Gasteiger partial charge on any atom is -0.508 e. The molecule has 2 rings (SSSR count). The Bertz CT molecular complexity index is 423. The summed E-state index contributed by atoms with van der Waals surface area (Å²) < 4.78 is 4.96. The van der Waals surface area contributed by atoms with Crippen molar-refractivity contribution in [3.63, 3.8) is 0 Å². The Morgan fingerprint density at radius 1 is 1.31 bits per heavy atom. The Morgan fingerprint density at radius 2 is 1.94 bits per heavy atom. The van der Waals surface area contributed by atoms with Crippen LogP contribution in [0, 0.1) is 5.92 Å². The Labute approximate surface area is 91.3 Å². The number of benzene rings is 1. The summed E-state index contributed by atoms with van der Waals surface area (Å²) in [6.07, 6.45) is -0.869. The minimum absolute atomic E-state index is 0.0833. The molecule has 0 aromatic heterocycles. The van der Waals surface area contributed by atoms with Crippen molar-refractivity contribution >= 4 is 11.9 Å². The number of carboxylic acid groups (broad SMARTS) is 1. The molecule has 1 aliphatic rings. The van der Waals surface area contributed by atoms with Crippen LogP contribution in [-0.2, 0) is 14.3 Å². The first-order valence-corrected chi connectivity index (χ1v) is 4.79. The summed E-state index contributed by atoms with van der Waals surface area (Å²) in [6.45, 7) is 0. The van der Waals surface area contributed by atoms with Crippen LogP contribution in [0.4, 0.5) is 0 Å². The number of carbonyl (C=O) groups excluding carboxylic acids is 1. The summed E-state index contributed by atoms with van der Waals surface area (Å²) in [5, 5.41) is 18.0. The number of rotatable bonds is 2. The maximum Gasteiger partial charge on any atom is 0.311 e. The predicted octanol–water partition coefficient (Wildman–Crippen LogP) is 1.08. The zero-order chi connectivity index (χ0) is 11.7. The van der Waals surface area contributed by atoms with Crippen LogP contribution in [0.1, 0.15) is 18.1 Å². The molecule has 1 fully saturated rings. The fourth-order valence-electron chi connectivity index (χ4n) is 1.74. The molecule has 16 heavy (non-hydrogen) atoms. The molecule has 1 aliphatic heterocycles. The summed E-state index contributed by atoms with van der Waals surface area (Å²) in [4.78, 5) is 22.0. The lowest BCUT2D eigenvalue weighted by molar-refractivity contribution is -0.144. The van der Waals surface area contributed by atoms with E-state index in [4.69, 9.17) is 14.9 Å². The number of aliphatic carboxylic acids is 1. The van der Waals surface area contributed by atoms with Crippen molar-refractivity contribution in [3.8, 4) is 5.75 Å². The van der Waals surface area contributed by atoms with E-state index < -0.39 is 24.0 Å². The second-order valence-electron chi connectivity index (χ2n) is 3.65. The molecular formula is C11H10O5. The predicted molar refractivity (Wildman–Crippen MR) is 52.7 cm³/mol. The Balaban J connectivity index is 2.28. The third kappa shape index (κ3) is 1.84. The molecule has 2 N–H and O–H groups in total. The molecule has 1 heterocycles. The number of hydrogen-bond donors (Lipinski definition) is 2. The van der Waals surface area contributed by atoms with Gasteiger partial charge in [0.15, 0.2) is 0 Å². The lowest BCUT2D eigenvalue weighted by Crippen LogP contribution is -2.17. The molecule has 1 aromatic rings. The Morgan fingerprint density at radius 3 is 2.50 bits per heavy atom. The third-order valence-corrected chi connectivity index (χ3v) is 2.55. The molecule has 5 heteroatoms. The maximum absolute atomic E-state index is 11.1. The van der Waals surface area contributed by atoms with E-state index in [1.807, 2.05) is 0 Å². The highest BCUT2D eigenvalue weighted by atomic mass is 16.6. The Kier molecular flexibility index (Phi) is 2.52. The first-order valence-electron chi connectivity index (χ1n) is 4.79. The largest absolute Gasteiger partial charge is 0.508 e. The van der Waals surface area contributed by atoms with Crippen molar-refractivity contribution in [1.29, 1.82) is 0 Å². The van der Waals surface area contributed by atoms with Crippen LogP contribution < -0.4 is 0 Å². The van der Waals surface area contributed by atoms with Gasteiger partial charge >= 0.3 is 11.9 Å². The van der Waals surface area contributed by atoms with Gasteiger partial charge in [-0.3, -0.25) is 9.59 Å². The zero-order valence-electron chi connectivity index (χ0n) is 8.29. The topological polar surface area (TPSA) is 83.8 Å². The van der Waals surface area contributed by atoms with Crippen molar-refractivity contribution in [2.45, 2.75) is 12.5 Å². The van der Waals surface area contributed by atoms with Crippen molar-refractivity contribution in [2.24, 2.45) is 5.92 Å². The van der Waals surface area contributed by atoms with Gasteiger partial charge < -0.3 is 14.9 Å². The fourth-order valence-corrected chi connectivity index (χ4v) is 1.74. The summed E-state index contributed by atoms with van der Waals surface area (Å²) >= 11 is 0. The molecule has 0 radical (unpaired) electrons. The van der Waals surface area contributed by atoms with E-state index in [1.54, 1.807) is 12.1 Å². The van der Waals surface area contributed by atoms with E-state index in [-0.39, 0.29) is 12.2 Å². The van der Waals surface area contributed by atoms with E-state index in [2.05, 4.69) is 0 Å². The molecule has 0 bridgehead atoms. The normalized spacial score (nSPS) is 24.1. The summed E-state index contributed by atoms with van der Waals surface area (Å²) in [7, 11) is 0. The van der Waals surface area contributed by atoms with Crippen LogP contribution in [0.25, 0.3) is 0 Å². The lowest BCUT2D eigenvalue weighted by atomic mass is 9.95. The summed E-state index contributed by atoms with van der Waals surface area (Å²) in [6, 6.07) is 5.96. The minimum atomic E-state index is -1.05. The van der Waals surface area contributed by atoms with E-state index in [0.717, 1.165) is 0 Å². The standard InChI is InChI=1S/C11H10O5/c12-7-3-1-6(2-4-7)10-8(11(14)15)5-9(13)16-10/h1-4,8,10,12H,5H2,(H,14,15)/t8-,10+/m1/s1. The molecular weight excluding hydrogens is 212 g/mol. The van der Waals surface area contributed by atoms with Crippen LogP contribution in [0.5, 0.6) is 5.75 Å². The monoisotopic (exact) mass is 222 g/mol. The smallest absolute Gasteiger partial charge is 0.311 e. The summed E-state index contributed by atoms with van der Waals surface area (Å²) in [5.41, 5.74) is 0.580. The highest BCUT2D eigenvalue weighted by molar-refractivity contribution is 5.82. The van der Waals surface area contributed by atoms with E-state index in [9.17, 15) is 9.59 Å². The van der Waals surface area contributed by atoms with Gasteiger partial charge in [0.2, 0.25) is 0 Å². The van der Waals surface area contributed by atoms with Crippen molar-refractivity contribution in [2.75, 3.05) is 0 Å². The van der Waals surface area contributed by atoms with Crippen LogP contribution in [0.3, 0.4) is 0 Å². The van der Waals surface area contributed by atoms with Gasteiger partial charge in [-0.1, -0.05) is 12.1 Å². The molecule has 1 saturated heterocycles. The molecule has 2 atom stereocenters. The van der Waals surface area contributed by atoms with Gasteiger partial charge in [0, 0.05) is 0 Å². The first kappa shape index (κ1) is 10.5. The molecule has 5 nitrogen and oxygen atoms in total. The van der Waals surface area contributed by atoms with Gasteiger partial charge in [0.1, 0.15) is 17.8 Å².